The van der Waals surface area contributed by atoms with E-state index < -0.39 is 17.4 Å². The second-order valence-corrected chi connectivity index (χ2v) is 4.66. The molecule has 21 heavy (non-hydrogen) atoms. The van der Waals surface area contributed by atoms with Crippen LogP contribution in [0.1, 0.15) is 24.2 Å². The highest BCUT2D eigenvalue weighted by molar-refractivity contribution is 6.03. The van der Waals surface area contributed by atoms with Gasteiger partial charge in [-0.1, -0.05) is 18.7 Å². The van der Waals surface area contributed by atoms with Crippen molar-refractivity contribution < 1.29 is 29.2 Å². The molecule has 0 aliphatic carbocycles. The number of Topliss-reactive ketones (excluding diaryl/α,β-unsaturated/α-hetero) is 1. The van der Waals surface area contributed by atoms with E-state index in [1.54, 1.807) is 24.3 Å². The fourth-order valence-corrected chi connectivity index (χ4v) is 1.43. The van der Waals surface area contributed by atoms with Crippen LogP contribution >= 0.6 is 0 Å². The maximum atomic E-state index is 12.1. The molecule has 1 aromatic carbocycles. The predicted molar refractivity (Wildman–Crippen MR) is 74.8 cm³/mol. The summed E-state index contributed by atoms with van der Waals surface area (Å²) in [6.45, 7) is 6.09. The molecule has 0 aromatic heterocycles. The zero-order valence-electron chi connectivity index (χ0n) is 12.0. The van der Waals surface area contributed by atoms with Crippen molar-refractivity contribution in [3.05, 3.63) is 42.5 Å². The molecule has 114 valence electrons. The number of ketones is 1. The number of rotatable bonds is 8. The van der Waals surface area contributed by atoms with Crippen LogP contribution in [0.25, 0.3) is 0 Å². The Morgan fingerprint density at radius 3 is 2.57 bits per heavy atom. The Bertz CT molecular complexity index is 515. The molecule has 1 N–H and O–H groups in total. The third-order valence-corrected chi connectivity index (χ3v) is 2.42. The number of aliphatic hydroxyl groups is 1. The van der Waals surface area contributed by atoms with Crippen molar-refractivity contribution in [1.29, 1.82) is 0 Å². The SMILES string of the molecule is C=CC(=O)OOCCOc1ccccc1C(=O)C(C)(C)O. The van der Waals surface area contributed by atoms with Crippen molar-refractivity contribution in [1.82, 2.24) is 0 Å². The Hall–Kier alpha value is -2.18. The zero-order valence-corrected chi connectivity index (χ0v) is 12.0. The summed E-state index contributed by atoms with van der Waals surface area (Å²) in [6, 6.07) is 6.55. The van der Waals surface area contributed by atoms with Gasteiger partial charge in [-0.25, -0.2) is 4.79 Å². The van der Waals surface area contributed by atoms with E-state index in [1.807, 2.05) is 0 Å². The van der Waals surface area contributed by atoms with Crippen LogP contribution < -0.4 is 4.74 Å². The van der Waals surface area contributed by atoms with Crippen molar-refractivity contribution in [2.45, 2.75) is 19.4 Å². The lowest BCUT2D eigenvalue weighted by atomic mass is 9.96. The number of carbonyl (C=O) groups excluding carboxylic acids is 2. The summed E-state index contributed by atoms with van der Waals surface area (Å²) >= 11 is 0. The van der Waals surface area contributed by atoms with Gasteiger partial charge in [0.2, 0.25) is 0 Å². The Kier molecular flexibility index (Phi) is 6.08. The van der Waals surface area contributed by atoms with E-state index in [0.29, 0.717) is 5.75 Å². The maximum absolute atomic E-state index is 12.1. The van der Waals surface area contributed by atoms with E-state index >= 15 is 0 Å². The highest BCUT2D eigenvalue weighted by atomic mass is 17.2. The summed E-state index contributed by atoms with van der Waals surface area (Å²) in [5, 5.41) is 9.77. The van der Waals surface area contributed by atoms with E-state index in [9.17, 15) is 14.7 Å². The normalized spacial score (nSPS) is 10.8. The number of carbonyl (C=O) groups is 2. The minimum atomic E-state index is -1.49. The lowest BCUT2D eigenvalue weighted by molar-refractivity contribution is -0.269. The van der Waals surface area contributed by atoms with Crippen LogP contribution in [-0.2, 0) is 14.6 Å². The lowest BCUT2D eigenvalue weighted by Crippen LogP contribution is -2.31. The molecule has 0 bridgehead atoms. The largest absolute Gasteiger partial charge is 0.490 e. The van der Waals surface area contributed by atoms with Gasteiger partial charge in [0.15, 0.2) is 5.78 Å². The third kappa shape index (κ3) is 5.37. The smallest absolute Gasteiger partial charge is 0.365 e. The molecule has 0 fully saturated rings. The summed E-state index contributed by atoms with van der Waals surface area (Å²) in [6.07, 6.45) is 0.970. The molecule has 0 saturated heterocycles. The number of para-hydroxylation sites is 1. The van der Waals surface area contributed by atoms with Crippen LogP contribution in [0.3, 0.4) is 0 Å². The Morgan fingerprint density at radius 1 is 1.29 bits per heavy atom. The van der Waals surface area contributed by atoms with E-state index in [-0.39, 0.29) is 18.8 Å². The first-order valence-corrected chi connectivity index (χ1v) is 6.31. The van der Waals surface area contributed by atoms with Crippen molar-refractivity contribution >= 4 is 11.8 Å². The van der Waals surface area contributed by atoms with Gasteiger partial charge in [-0.15, -0.1) is 0 Å². The second kappa shape index (κ2) is 7.56. The standard InChI is InChI=1S/C15H18O6/c1-4-13(16)21-20-10-9-19-12-8-6-5-7-11(12)14(17)15(2,3)18/h4-8,18H,1,9-10H2,2-3H3. The average molecular weight is 294 g/mol. The minimum Gasteiger partial charge on any atom is -0.490 e. The van der Waals surface area contributed by atoms with Crippen LogP contribution in [0.4, 0.5) is 0 Å². The molecule has 0 aliphatic rings. The molecular weight excluding hydrogens is 276 g/mol. The van der Waals surface area contributed by atoms with Gasteiger partial charge in [-0.05, 0) is 26.0 Å². The van der Waals surface area contributed by atoms with E-state index in [2.05, 4.69) is 16.4 Å². The number of hydrogen-bond acceptors (Lipinski definition) is 6. The summed E-state index contributed by atoms with van der Waals surface area (Å²) in [7, 11) is 0. The predicted octanol–water partition coefficient (Wildman–Crippen LogP) is 1.68. The molecule has 0 saturated carbocycles. The molecule has 0 unspecified atom stereocenters. The first-order chi connectivity index (χ1) is 9.86. The second-order valence-electron chi connectivity index (χ2n) is 4.66. The molecule has 0 aliphatic heterocycles. The van der Waals surface area contributed by atoms with E-state index in [1.165, 1.54) is 13.8 Å². The van der Waals surface area contributed by atoms with Crippen LogP contribution in [0.2, 0.25) is 0 Å². The quantitative estimate of drug-likeness (QED) is 0.258. The molecule has 0 radical (unpaired) electrons. The summed E-state index contributed by atoms with van der Waals surface area (Å²) in [4.78, 5) is 31.7. The zero-order chi connectivity index (χ0) is 15.9. The highest BCUT2D eigenvalue weighted by Gasteiger charge is 2.27. The summed E-state index contributed by atoms with van der Waals surface area (Å²) in [5.74, 6) is -0.826. The summed E-state index contributed by atoms with van der Waals surface area (Å²) < 4.78 is 5.39. The van der Waals surface area contributed by atoms with Crippen LogP contribution in [0, 0.1) is 0 Å². The van der Waals surface area contributed by atoms with Crippen LogP contribution in [-0.4, -0.2) is 35.7 Å². The molecule has 1 aromatic rings. The topological polar surface area (TPSA) is 82.1 Å². The number of hydrogen-bond donors (Lipinski definition) is 1. The molecule has 0 amide bonds. The molecule has 0 atom stereocenters. The Labute approximate surface area is 122 Å². The molecule has 0 heterocycles. The molecule has 6 nitrogen and oxygen atoms in total. The third-order valence-electron chi connectivity index (χ3n) is 2.42. The Morgan fingerprint density at radius 2 is 1.95 bits per heavy atom. The first kappa shape index (κ1) is 16.9. The lowest BCUT2D eigenvalue weighted by Gasteiger charge is -2.18. The van der Waals surface area contributed by atoms with Gasteiger partial charge in [0.1, 0.15) is 24.6 Å². The van der Waals surface area contributed by atoms with Crippen LogP contribution in [0.15, 0.2) is 36.9 Å². The van der Waals surface area contributed by atoms with Crippen molar-refractivity contribution in [2.24, 2.45) is 0 Å². The van der Waals surface area contributed by atoms with Gasteiger partial charge in [0, 0.05) is 6.08 Å². The van der Waals surface area contributed by atoms with Crippen LogP contribution in [0.5, 0.6) is 5.75 Å². The van der Waals surface area contributed by atoms with E-state index in [4.69, 9.17) is 4.74 Å². The molecule has 0 spiro atoms. The van der Waals surface area contributed by atoms with Crippen molar-refractivity contribution in [3.63, 3.8) is 0 Å². The molecule has 6 heteroatoms. The fourth-order valence-electron chi connectivity index (χ4n) is 1.43. The van der Waals surface area contributed by atoms with Gasteiger partial charge in [0.25, 0.3) is 0 Å². The maximum Gasteiger partial charge on any atom is 0.365 e. The van der Waals surface area contributed by atoms with Crippen molar-refractivity contribution in [3.8, 4) is 5.75 Å². The summed E-state index contributed by atoms with van der Waals surface area (Å²) in [5.41, 5.74) is -1.22. The fraction of sp³-hybridized carbons (Fsp3) is 0.333. The van der Waals surface area contributed by atoms with Gasteiger partial charge in [0.05, 0.1) is 5.56 Å². The Balaban J connectivity index is 2.58. The van der Waals surface area contributed by atoms with Gasteiger partial charge >= 0.3 is 5.97 Å². The molecular formula is C15H18O6. The monoisotopic (exact) mass is 294 g/mol. The first-order valence-electron chi connectivity index (χ1n) is 6.31. The minimum absolute atomic E-state index is 0.00930. The molecule has 1 rings (SSSR count). The average Bonchev–Trinajstić information content (AvgIpc) is 2.45. The van der Waals surface area contributed by atoms with Gasteiger partial charge < -0.3 is 9.84 Å². The number of ether oxygens (including phenoxy) is 1. The van der Waals surface area contributed by atoms with E-state index in [0.717, 1.165) is 6.08 Å². The highest BCUT2D eigenvalue weighted by Crippen LogP contribution is 2.23. The van der Waals surface area contributed by atoms with Gasteiger partial charge in [-0.2, -0.15) is 4.89 Å². The van der Waals surface area contributed by atoms with Crippen molar-refractivity contribution in [2.75, 3.05) is 13.2 Å². The van der Waals surface area contributed by atoms with Gasteiger partial charge in [-0.3, -0.25) is 9.68 Å². The number of benzene rings is 1.